The number of rotatable bonds is 4. The Balaban J connectivity index is 1.80. The molecule has 0 bridgehead atoms. The predicted octanol–water partition coefficient (Wildman–Crippen LogP) is 3.42. The molecule has 1 N–H and O–H groups in total. The van der Waals surface area contributed by atoms with E-state index in [9.17, 15) is 4.79 Å². The highest BCUT2D eigenvalue weighted by Crippen LogP contribution is 2.28. The van der Waals surface area contributed by atoms with Crippen LogP contribution in [0, 0.1) is 6.92 Å². The van der Waals surface area contributed by atoms with Crippen molar-refractivity contribution in [2.45, 2.75) is 32.7 Å². The first-order valence-electron chi connectivity index (χ1n) is 8.76. The second-order valence-electron chi connectivity index (χ2n) is 7.18. The summed E-state index contributed by atoms with van der Waals surface area (Å²) in [5.41, 5.74) is 2.52. The average molecular weight is 372 g/mol. The number of carbonyl (C=O) groups excluding carboxylic acids is 1. The van der Waals surface area contributed by atoms with Gasteiger partial charge in [-0.1, -0.05) is 18.7 Å². The quantitative estimate of drug-likeness (QED) is 0.649. The fraction of sp³-hybridized carbons (Fsp3) is 0.400. The van der Waals surface area contributed by atoms with Crippen molar-refractivity contribution < 1.29 is 9.53 Å². The molecule has 0 unspecified atom stereocenters. The number of aryl methyl sites for hydroxylation is 1. The fourth-order valence-corrected chi connectivity index (χ4v) is 3.96. The van der Waals surface area contributed by atoms with E-state index in [4.69, 9.17) is 4.74 Å². The summed E-state index contributed by atoms with van der Waals surface area (Å²) in [5.74, 6) is 0.312. The van der Waals surface area contributed by atoms with Crippen LogP contribution >= 0.6 is 11.3 Å². The van der Waals surface area contributed by atoms with Crippen molar-refractivity contribution in [3.8, 4) is 0 Å². The molecule has 2 aliphatic rings. The van der Waals surface area contributed by atoms with E-state index in [1.165, 1.54) is 11.3 Å². The molecule has 5 nitrogen and oxygen atoms in total. The number of hydrogen-bond donors (Lipinski definition) is 1. The summed E-state index contributed by atoms with van der Waals surface area (Å²) in [5, 5.41) is 6.16. The van der Waals surface area contributed by atoms with Crippen molar-refractivity contribution in [2.75, 3.05) is 19.6 Å². The van der Waals surface area contributed by atoms with Crippen molar-refractivity contribution in [2.24, 2.45) is 0 Å². The Morgan fingerprint density at radius 2 is 2.31 bits per heavy atom. The van der Waals surface area contributed by atoms with E-state index in [1.807, 2.05) is 30.5 Å². The number of nitrogens with one attached hydrogen (secondary N) is 1. The molecule has 26 heavy (non-hydrogen) atoms. The number of allylic oxidation sites excluding steroid dienone is 4. The molecule has 6 heteroatoms. The Kier molecular flexibility index (Phi) is 5.44. The maximum absolute atomic E-state index is 12.4. The molecule has 3 heterocycles. The van der Waals surface area contributed by atoms with E-state index < -0.39 is 0 Å². The topological polar surface area (TPSA) is 54.5 Å². The van der Waals surface area contributed by atoms with Crippen LogP contribution < -0.4 is 5.32 Å². The first-order chi connectivity index (χ1) is 12.4. The van der Waals surface area contributed by atoms with Crippen molar-refractivity contribution in [1.82, 2.24) is 15.2 Å². The van der Waals surface area contributed by atoms with Crippen LogP contribution in [0.15, 0.2) is 47.7 Å². The zero-order valence-corrected chi connectivity index (χ0v) is 16.4. The lowest BCUT2D eigenvalue weighted by atomic mass is 10.0. The van der Waals surface area contributed by atoms with E-state index in [2.05, 4.69) is 35.6 Å². The number of esters is 1. The van der Waals surface area contributed by atoms with E-state index >= 15 is 0 Å². The number of nitrogens with zero attached hydrogens (tertiary/aromatic N) is 2. The number of piperazine rings is 1. The highest BCUT2D eigenvalue weighted by atomic mass is 32.1. The summed E-state index contributed by atoms with van der Waals surface area (Å²) in [6.45, 7) is 12.8. The second-order valence-corrected chi connectivity index (χ2v) is 8.03. The van der Waals surface area contributed by atoms with Gasteiger partial charge in [0.2, 0.25) is 0 Å². The van der Waals surface area contributed by atoms with Gasteiger partial charge in [0.05, 0.1) is 5.57 Å². The third-order valence-electron chi connectivity index (χ3n) is 4.33. The zero-order valence-electron chi connectivity index (χ0n) is 15.5. The van der Waals surface area contributed by atoms with Crippen LogP contribution in [0.5, 0.6) is 0 Å². The first-order valence-corrected chi connectivity index (χ1v) is 9.64. The minimum absolute atomic E-state index is 0.0377. The molecule has 0 aromatic carbocycles. The summed E-state index contributed by atoms with van der Waals surface area (Å²) in [7, 11) is 0. The molecule has 3 rings (SSSR count). The monoisotopic (exact) mass is 371 g/mol. The van der Waals surface area contributed by atoms with Crippen LogP contribution in [-0.4, -0.2) is 41.0 Å². The van der Waals surface area contributed by atoms with Gasteiger partial charge in [0.1, 0.15) is 10.8 Å². The van der Waals surface area contributed by atoms with E-state index in [0.717, 1.165) is 36.0 Å². The number of carbonyl (C=O) groups is 1. The predicted molar refractivity (Wildman–Crippen MR) is 106 cm³/mol. The molecule has 0 amide bonds. The molecular formula is C20H25N3O2S. The van der Waals surface area contributed by atoms with Gasteiger partial charge in [-0.25, -0.2) is 9.78 Å². The van der Waals surface area contributed by atoms with Gasteiger partial charge < -0.3 is 15.0 Å². The van der Waals surface area contributed by atoms with Crippen molar-refractivity contribution in [3.05, 3.63) is 58.4 Å². The van der Waals surface area contributed by atoms with Crippen molar-refractivity contribution in [3.63, 3.8) is 0 Å². The van der Waals surface area contributed by atoms with E-state index in [1.54, 1.807) is 6.08 Å². The Labute approximate surface area is 158 Å². The summed E-state index contributed by atoms with van der Waals surface area (Å²) in [6, 6.07) is 0. The SMILES string of the molecule is C=C/C=C(\C=C1/CC=C(c2nc(C)cs2)C(=O)O1)N1CCNC(C)(C)C1. The van der Waals surface area contributed by atoms with Gasteiger partial charge in [0.15, 0.2) is 0 Å². The van der Waals surface area contributed by atoms with Gasteiger partial charge in [-0.05, 0) is 26.8 Å². The molecule has 0 radical (unpaired) electrons. The maximum atomic E-state index is 12.4. The minimum Gasteiger partial charge on any atom is -0.427 e. The Morgan fingerprint density at radius 3 is 2.92 bits per heavy atom. The molecule has 1 aromatic rings. The van der Waals surface area contributed by atoms with Gasteiger partial charge >= 0.3 is 5.97 Å². The lowest BCUT2D eigenvalue weighted by molar-refractivity contribution is -0.133. The number of thiazole rings is 1. The van der Waals surface area contributed by atoms with Crippen LogP contribution in [0.25, 0.3) is 5.57 Å². The summed E-state index contributed by atoms with van der Waals surface area (Å²) in [4.78, 5) is 19.1. The molecule has 2 aliphatic heterocycles. The van der Waals surface area contributed by atoms with Crippen molar-refractivity contribution >= 4 is 22.9 Å². The van der Waals surface area contributed by atoms with Gasteiger partial charge in [-0.2, -0.15) is 0 Å². The Bertz CT molecular complexity index is 802. The molecule has 0 aliphatic carbocycles. The number of ether oxygens (including phenoxy) is 1. The van der Waals surface area contributed by atoms with Gasteiger partial charge in [-0.3, -0.25) is 0 Å². The van der Waals surface area contributed by atoms with Crippen LogP contribution in [0.1, 0.15) is 31.0 Å². The van der Waals surface area contributed by atoms with E-state index in [0.29, 0.717) is 17.8 Å². The van der Waals surface area contributed by atoms with E-state index in [-0.39, 0.29) is 11.5 Å². The molecular weight excluding hydrogens is 346 g/mol. The zero-order chi connectivity index (χ0) is 18.7. The standard InChI is InChI=1S/C20H25N3O2S/c1-5-6-15(23-10-9-21-20(3,4)13-23)11-16-7-8-17(19(24)25-16)18-22-14(2)12-26-18/h5-6,8,11-12,21H,1,7,9-10,13H2,2-4H3/b15-6+,16-11+. The first kappa shape index (κ1) is 18.6. The Hall–Kier alpha value is -2.18. The number of aromatic nitrogens is 1. The van der Waals surface area contributed by atoms with Crippen LogP contribution in [0.3, 0.4) is 0 Å². The fourth-order valence-electron chi connectivity index (χ4n) is 3.13. The van der Waals surface area contributed by atoms with Crippen LogP contribution in [0.2, 0.25) is 0 Å². The molecule has 1 saturated heterocycles. The molecule has 0 spiro atoms. The maximum Gasteiger partial charge on any atom is 0.345 e. The number of hydrogen-bond acceptors (Lipinski definition) is 6. The average Bonchev–Trinajstić information content (AvgIpc) is 3.00. The Morgan fingerprint density at radius 1 is 1.50 bits per heavy atom. The molecule has 0 saturated carbocycles. The molecule has 0 atom stereocenters. The van der Waals surface area contributed by atoms with Crippen LogP contribution in [-0.2, 0) is 9.53 Å². The lowest BCUT2D eigenvalue weighted by Crippen LogP contribution is -2.56. The largest absolute Gasteiger partial charge is 0.427 e. The van der Waals surface area contributed by atoms with Gasteiger partial charge in [-0.15, -0.1) is 11.3 Å². The smallest absolute Gasteiger partial charge is 0.345 e. The molecule has 138 valence electrons. The number of cyclic esters (lactones) is 1. The summed E-state index contributed by atoms with van der Waals surface area (Å²) >= 11 is 1.47. The van der Waals surface area contributed by atoms with Gasteiger partial charge in [0, 0.05) is 54.4 Å². The third-order valence-corrected chi connectivity index (χ3v) is 5.33. The second kappa shape index (κ2) is 7.60. The van der Waals surface area contributed by atoms with Crippen molar-refractivity contribution in [1.29, 1.82) is 0 Å². The molecule has 1 aromatic heterocycles. The van der Waals surface area contributed by atoms with Gasteiger partial charge in [0.25, 0.3) is 0 Å². The highest BCUT2D eigenvalue weighted by molar-refractivity contribution is 7.11. The minimum atomic E-state index is -0.338. The summed E-state index contributed by atoms with van der Waals surface area (Å²) < 4.78 is 5.59. The summed E-state index contributed by atoms with van der Waals surface area (Å²) in [6.07, 6.45) is 8.16. The lowest BCUT2D eigenvalue weighted by Gasteiger charge is -2.41. The molecule has 1 fully saturated rings. The highest BCUT2D eigenvalue weighted by Gasteiger charge is 2.27. The van der Waals surface area contributed by atoms with Crippen LogP contribution in [0.4, 0.5) is 0 Å². The normalized spacial score (nSPS) is 22.2. The third kappa shape index (κ3) is 4.31.